The molecule has 0 aliphatic rings. The normalized spacial score (nSPS) is 13.4. The van der Waals surface area contributed by atoms with E-state index in [1.807, 2.05) is 18.2 Å². The number of benzene rings is 1. The summed E-state index contributed by atoms with van der Waals surface area (Å²) in [5.74, 6) is 0.482. The van der Waals surface area contributed by atoms with Crippen LogP contribution in [0.25, 0.3) is 0 Å². The monoisotopic (exact) mass is 164 g/mol. The number of rotatable bonds is 2. The van der Waals surface area contributed by atoms with E-state index >= 15 is 0 Å². The molecule has 1 rings (SSSR count). The van der Waals surface area contributed by atoms with Crippen molar-refractivity contribution >= 4 is 0 Å². The summed E-state index contributed by atoms with van der Waals surface area (Å²) in [4.78, 5) is 0. The molecule has 1 aromatic carbocycles. The Morgan fingerprint density at radius 3 is 1.83 bits per heavy atom. The second kappa shape index (κ2) is 3.72. The zero-order valence-electron chi connectivity index (χ0n) is 7.91. The van der Waals surface area contributed by atoms with Gasteiger partial charge in [0.05, 0.1) is 6.10 Å². The van der Waals surface area contributed by atoms with Crippen LogP contribution in [0.1, 0.15) is 43.9 Å². The average Bonchev–Trinajstić information content (AvgIpc) is 2.04. The van der Waals surface area contributed by atoms with Gasteiger partial charge in [-0.3, -0.25) is 0 Å². The SMILES string of the molecule is CC(C)c1ccccc1[C@@H](C)O. The van der Waals surface area contributed by atoms with Crippen LogP contribution in [0.5, 0.6) is 0 Å². The van der Waals surface area contributed by atoms with Gasteiger partial charge in [0.2, 0.25) is 0 Å². The Bertz CT molecular complexity index is 224. The maximum atomic E-state index is 9.45. The molecule has 0 saturated carbocycles. The Labute approximate surface area is 74.1 Å². The summed E-state index contributed by atoms with van der Waals surface area (Å²) in [6, 6.07) is 8.04. The molecule has 66 valence electrons. The molecule has 0 unspecified atom stereocenters. The van der Waals surface area contributed by atoms with Gasteiger partial charge in [-0.2, -0.15) is 0 Å². The predicted octanol–water partition coefficient (Wildman–Crippen LogP) is 2.86. The summed E-state index contributed by atoms with van der Waals surface area (Å²) in [6.45, 7) is 6.09. The Kier molecular flexibility index (Phi) is 2.88. The van der Waals surface area contributed by atoms with E-state index in [0.717, 1.165) is 5.56 Å². The molecule has 0 amide bonds. The van der Waals surface area contributed by atoms with E-state index in [4.69, 9.17) is 0 Å². The van der Waals surface area contributed by atoms with E-state index in [9.17, 15) is 5.11 Å². The third-order valence-electron chi connectivity index (χ3n) is 2.07. The first-order valence-corrected chi connectivity index (χ1v) is 4.39. The maximum Gasteiger partial charge on any atom is 0.0764 e. The van der Waals surface area contributed by atoms with E-state index < -0.39 is 0 Å². The van der Waals surface area contributed by atoms with Crippen molar-refractivity contribution in [3.8, 4) is 0 Å². The quantitative estimate of drug-likeness (QED) is 0.712. The van der Waals surface area contributed by atoms with Crippen molar-refractivity contribution < 1.29 is 5.11 Å². The molecule has 0 aliphatic heterocycles. The molecule has 1 atom stereocenters. The fraction of sp³-hybridized carbons (Fsp3) is 0.455. The van der Waals surface area contributed by atoms with E-state index in [0.29, 0.717) is 5.92 Å². The Morgan fingerprint density at radius 2 is 1.50 bits per heavy atom. The smallest absolute Gasteiger partial charge is 0.0764 e. The zero-order valence-corrected chi connectivity index (χ0v) is 7.91. The summed E-state index contributed by atoms with van der Waals surface area (Å²) in [7, 11) is 0. The van der Waals surface area contributed by atoms with Crippen LogP contribution in [-0.4, -0.2) is 5.11 Å². The fourth-order valence-corrected chi connectivity index (χ4v) is 1.42. The van der Waals surface area contributed by atoms with Crippen molar-refractivity contribution in [2.75, 3.05) is 0 Å². The van der Waals surface area contributed by atoms with Crippen LogP contribution >= 0.6 is 0 Å². The van der Waals surface area contributed by atoms with Gasteiger partial charge in [-0.05, 0) is 24.0 Å². The highest BCUT2D eigenvalue weighted by Crippen LogP contribution is 2.23. The molecule has 0 radical (unpaired) electrons. The fourth-order valence-electron chi connectivity index (χ4n) is 1.42. The van der Waals surface area contributed by atoms with E-state index in [1.54, 1.807) is 6.92 Å². The first-order chi connectivity index (χ1) is 5.63. The number of hydrogen-bond acceptors (Lipinski definition) is 1. The van der Waals surface area contributed by atoms with E-state index in [1.165, 1.54) is 5.56 Å². The lowest BCUT2D eigenvalue weighted by Crippen LogP contribution is -1.99. The molecule has 1 N–H and O–H groups in total. The average molecular weight is 164 g/mol. The molecule has 0 heterocycles. The van der Waals surface area contributed by atoms with Gasteiger partial charge in [0.1, 0.15) is 0 Å². The van der Waals surface area contributed by atoms with Crippen molar-refractivity contribution in [2.45, 2.75) is 32.8 Å². The zero-order chi connectivity index (χ0) is 9.14. The van der Waals surface area contributed by atoms with Crippen molar-refractivity contribution in [3.05, 3.63) is 35.4 Å². The largest absolute Gasteiger partial charge is 0.389 e. The minimum atomic E-state index is -0.358. The van der Waals surface area contributed by atoms with Gasteiger partial charge >= 0.3 is 0 Å². The molecular weight excluding hydrogens is 148 g/mol. The molecule has 1 aromatic rings. The number of aliphatic hydroxyl groups excluding tert-OH is 1. The van der Waals surface area contributed by atoms with Crippen LogP contribution in [-0.2, 0) is 0 Å². The Balaban J connectivity index is 3.09. The van der Waals surface area contributed by atoms with Gasteiger partial charge in [0, 0.05) is 0 Å². The van der Waals surface area contributed by atoms with Gasteiger partial charge in [0.15, 0.2) is 0 Å². The van der Waals surface area contributed by atoms with Crippen molar-refractivity contribution in [2.24, 2.45) is 0 Å². The van der Waals surface area contributed by atoms with Crippen molar-refractivity contribution in [1.29, 1.82) is 0 Å². The van der Waals surface area contributed by atoms with Crippen LogP contribution in [0.3, 0.4) is 0 Å². The summed E-state index contributed by atoms with van der Waals surface area (Å²) in [6.07, 6.45) is -0.358. The van der Waals surface area contributed by atoms with Crippen LogP contribution in [0, 0.1) is 0 Å². The first kappa shape index (κ1) is 9.27. The van der Waals surface area contributed by atoms with Crippen molar-refractivity contribution in [1.82, 2.24) is 0 Å². The molecule has 0 saturated heterocycles. The van der Waals surface area contributed by atoms with E-state index in [-0.39, 0.29) is 6.10 Å². The third-order valence-corrected chi connectivity index (χ3v) is 2.07. The number of hydrogen-bond donors (Lipinski definition) is 1. The lowest BCUT2D eigenvalue weighted by molar-refractivity contribution is 0.198. The summed E-state index contributed by atoms with van der Waals surface area (Å²) in [5, 5.41) is 9.45. The van der Waals surface area contributed by atoms with Crippen LogP contribution in [0.2, 0.25) is 0 Å². The summed E-state index contributed by atoms with van der Waals surface area (Å²) >= 11 is 0. The molecular formula is C11H16O. The molecule has 12 heavy (non-hydrogen) atoms. The van der Waals surface area contributed by atoms with Gasteiger partial charge in [-0.15, -0.1) is 0 Å². The highest BCUT2D eigenvalue weighted by atomic mass is 16.3. The second-order valence-corrected chi connectivity index (χ2v) is 3.46. The standard InChI is InChI=1S/C11H16O/c1-8(2)10-6-4-5-7-11(10)9(3)12/h4-9,12H,1-3H3/t9-/m1/s1. The van der Waals surface area contributed by atoms with Crippen LogP contribution in [0.4, 0.5) is 0 Å². The summed E-state index contributed by atoms with van der Waals surface area (Å²) < 4.78 is 0. The van der Waals surface area contributed by atoms with Gasteiger partial charge in [0.25, 0.3) is 0 Å². The molecule has 0 spiro atoms. The molecule has 1 nitrogen and oxygen atoms in total. The van der Waals surface area contributed by atoms with Crippen LogP contribution in [0.15, 0.2) is 24.3 Å². The molecule has 1 heteroatoms. The Hall–Kier alpha value is -0.820. The topological polar surface area (TPSA) is 20.2 Å². The Morgan fingerprint density at radius 1 is 1.00 bits per heavy atom. The summed E-state index contributed by atoms with van der Waals surface area (Å²) in [5.41, 5.74) is 2.29. The molecule has 0 aromatic heterocycles. The van der Waals surface area contributed by atoms with E-state index in [2.05, 4.69) is 19.9 Å². The van der Waals surface area contributed by atoms with Crippen molar-refractivity contribution in [3.63, 3.8) is 0 Å². The van der Waals surface area contributed by atoms with Gasteiger partial charge in [-0.1, -0.05) is 38.1 Å². The van der Waals surface area contributed by atoms with Crippen LogP contribution < -0.4 is 0 Å². The third kappa shape index (κ3) is 1.86. The molecule has 0 aliphatic carbocycles. The first-order valence-electron chi connectivity index (χ1n) is 4.39. The molecule has 0 fully saturated rings. The predicted molar refractivity (Wildman–Crippen MR) is 51.2 cm³/mol. The molecule has 0 bridgehead atoms. The lowest BCUT2D eigenvalue weighted by atomic mass is 9.95. The van der Waals surface area contributed by atoms with Gasteiger partial charge < -0.3 is 5.11 Å². The minimum absolute atomic E-state index is 0.358. The van der Waals surface area contributed by atoms with Gasteiger partial charge in [-0.25, -0.2) is 0 Å². The number of aliphatic hydroxyl groups is 1. The highest BCUT2D eigenvalue weighted by molar-refractivity contribution is 5.30. The maximum absolute atomic E-state index is 9.45. The highest BCUT2D eigenvalue weighted by Gasteiger charge is 2.08. The second-order valence-electron chi connectivity index (χ2n) is 3.46. The minimum Gasteiger partial charge on any atom is -0.389 e. The lowest BCUT2D eigenvalue weighted by Gasteiger charge is -2.14.